The highest BCUT2D eigenvalue weighted by atomic mass is 19.1. The number of carbonyl (C=O) groups excluding carboxylic acids is 3. The third-order valence-electron chi connectivity index (χ3n) is 6.73. The van der Waals surface area contributed by atoms with Gasteiger partial charge in [0.2, 0.25) is 17.6 Å². The second kappa shape index (κ2) is 13.0. The van der Waals surface area contributed by atoms with E-state index in [1.54, 1.807) is 12.1 Å². The molecule has 1 aliphatic rings. The molecule has 3 N–H and O–H groups in total. The van der Waals surface area contributed by atoms with E-state index in [1.165, 1.54) is 30.8 Å². The van der Waals surface area contributed by atoms with Crippen molar-refractivity contribution >= 4 is 17.7 Å². The van der Waals surface area contributed by atoms with E-state index in [2.05, 4.69) is 21.1 Å². The second-order valence-corrected chi connectivity index (χ2v) is 9.36. The van der Waals surface area contributed by atoms with Gasteiger partial charge in [0.25, 0.3) is 5.91 Å². The average Bonchev–Trinajstić information content (AvgIpc) is 3.41. The molecule has 0 unspecified atom stereocenters. The van der Waals surface area contributed by atoms with Gasteiger partial charge in [0.05, 0.1) is 6.20 Å². The molecule has 1 fully saturated rings. The number of hydrogen-bond donors (Lipinski definition) is 3. The minimum absolute atomic E-state index is 0.0257. The van der Waals surface area contributed by atoms with E-state index in [4.69, 9.17) is 4.52 Å². The first-order valence-electron chi connectivity index (χ1n) is 12.4. The van der Waals surface area contributed by atoms with Crippen molar-refractivity contribution in [1.82, 2.24) is 21.1 Å². The van der Waals surface area contributed by atoms with E-state index in [1.807, 2.05) is 13.8 Å². The van der Waals surface area contributed by atoms with Gasteiger partial charge in [-0.2, -0.15) is 0 Å². The van der Waals surface area contributed by atoms with E-state index in [0.717, 1.165) is 25.7 Å². The molecule has 0 radical (unpaired) electrons. The topological polar surface area (TPSA) is 113 Å². The van der Waals surface area contributed by atoms with Gasteiger partial charge < -0.3 is 20.5 Å². The Balaban J connectivity index is 1.69. The Kier molecular flexibility index (Phi) is 9.81. The molecule has 8 nitrogen and oxygen atoms in total. The average molecular weight is 487 g/mol. The Morgan fingerprint density at radius 2 is 1.89 bits per heavy atom. The lowest BCUT2D eigenvalue weighted by molar-refractivity contribution is -0.131. The van der Waals surface area contributed by atoms with Crippen LogP contribution >= 0.6 is 0 Å². The number of halogens is 1. The number of nitrogens with one attached hydrogen (secondary N) is 3. The maximum atomic E-state index is 13.5. The molecule has 3 atom stereocenters. The van der Waals surface area contributed by atoms with Crippen molar-refractivity contribution in [2.45, 2.75) is 77.4 Å². The molecule has 1 aromatic carbocycles. The molecule has 3 amide bonds. The first kappa shape index (κ1) is 26.4. The highest BCUT2D eigenvalue weighted by Crippen LogP contribution is 2.27. The summed E-state index contributed by atoms with van der Waals surface area (Å²) in [6.45, 7) is 3.97. The number of hydrogen-bond acceptors (Lipinski definition) is 5. The summed E-state index contributed by atoms with van der Waals surface area (Å²) in [6, 6.07) is 5.84. The van der Waals surface area contributed by atoms with Crippen molar-refractivity contribution in [3.05, 3.63) is 53.7 Å². The lowest BCUT2D eigenvalue weighted by Gasteiger charge is -2.29. The number of amides is 3. The number of carbonyl (C=O) groups is 3. The van der Waals surface area contributed by atoms with E-state index in [0.29, 0.717) is 24.3 Å². The molecule has 35 heavy (non-hydrogen) atoms. The van der Waals surface area contributed by atoms with Crippen LogP contribution in [-0.2, 0) is 16.1 Å². The highest BCUT2D eigenvalue weighted by molar-refractivity contribution is 5.96. The van der Waals surface area contributed by atoms with Crippen LogP contribution in [0.1, 0.15) is 74.9 Å². The van der Waals surface area contributed by atoms with E-state index >= 15 is 0 Å². The summed E-state index contributed by atoms with van der Waals surface area (Å²) in [5.41, 5.74) is 0.627. The molecular formula is C26H35FN4O4. The molecule has 0 aliphatic heterocycles. The quantitative estimate of drug-likeness (QED) is 0.448. The fourth-order valence-electron chi connectivity index (χ4n) is 4.45. The van der Waals surface area contributed by atoms with Gasteiger partial charge >= 0.3 is 0 Å². The van der Waals surface area contributed by atoms with Gasteiger partial charge in [-0.1, -0.05) is 69.7 Å². The van der Waals surface area contributed by atoms with Crippen molar-refractivity contribution in [3.63, 3.8) is 0 Å². The van der Waals surface area contributed by atoms with Crippen molar-refractivity contribution < 1.29 is 23.3 Å². The van der Waals surface area contributed by atoms with Crippen LogP contribution in [0.4, 0.5) is 4.39 Å². The molecule has 1 heterocycles. The van der Waals surface area contributed by atoms with Gasteiger partial charge in [-0.25, -0.2) is 4.39 Å². The SMILES string of the molecule is CC[C@H](C)[C@H](NC(=O)[C@H](CC1CCCCC1)NC(=O)c1ccno1)C(=O)NCc1cccc(F)c1. The van der Waals surface area contributed by atoms with Crippen molar-refractivity contribution in [2.24, 2.45) is 11.8 Å². The Hall–Kier alpha value is -3.23. The van der Waals surface area contributed by atoms with Crippen LogP contribution < -0.4 is 16.0 Å². The molecule has 190 valence electrons. The van der Waals surface area contributed by atoms with E-state index < -0.39 is 23.9 Å². The summed E-state index contributed by atoms with van der Waals surface area (Å²) in [5, 5.41) is 12.0. The maximum Gasteiger partial charge on any atom is 0.290 e. The molecule has 9 heteroatoms. The monoisotopic (exact) mass is 486 g/mol. The van der Waals surface area contributed by atoms with Gasteiger partial charge in [-0.05, 0) is 36.0 Å². The highest BCUT2D eigenvalue weighted by Gasteiger charge is 2.32. The van der Waals surface area contributed by atoms with Crippen LogP contribution in [0, 0.1) is 17.7 Å². The van der Waals surface area contributed by atoms with E-state index in [9.17, 15) is 18.8 Å². The third-order valence-corrected chi connectivity index (χ3v) is 6.73. The third kappa shape index (κ3) is 7.90. The molecule has 1 aromatic heterocycles. The number of aromatic nitrogens is 1. The minimum Gasteiger partial charge on any atom is -0.351 e. The predicted molar refractivity (Wildman–Crippen MR) is 129 cm³/mol. The zero-order valence-electron chi connectivity index (χ0n) is 20.4. The molecule has 0 bridgehead atoms. The fraction of sp³-hybridized carbons (Fsp3) is 0.538. The minimum atomic E-state index is -0.807. The number of benzene rings is 1. The Morgan fingerprint density at radius 1 is 1.11 bits per heavy atom. The second-order valence-electron chi connectivity index (χ2n) is 9.36. The molecule has 1 saturated carbocycles. The normalized spacial score (nSPS) is 16.7. The lowest BCUT2D eigenvalue weighted by Crippen LogP contribution is -2.56. The van der Waals surface area contributed by atoms with Crippen molar-refractivity contribution in [3.8, 4) is 0 Å². The van der Waals surface area contributed by atoms with Crippen LogP contribution in [0.15, 0.2) is 41.1 Å². The summed E-state index contributed by atoms with van der Waals surface area (Å²) in [5.74, 6) is -1.46. The molecule has 0 saturated heterocycles. The summed E-state index contributed by atoms with van der Waals surface area (Å²) < 4.78 is 18.4. The van der Waals surface area contributed by atoms with Gasteiger partial charge in [-0.3, -0.25) is 14.4 Å². The van der Waals surface area contributed by atoms with Crippen LogP contribution in [0.2, 0.25) is 0 Å². The van der Waals surface area contributed by atoms with Gasteiger partial charge in [0.1, 0.15) is 17.9 Å². The molecule has 3 rings (SSSR count). The Morgan fingerprint density at radius 3 is 2.54 bits per heavy atom. The smallest absolute Gasteiger partial charge is 0.290 e. The van der Waals surface area contributed by atoms with Gasteiger partial charge in [-0.15, -0.1) is 0 Å². The van der Waals surface area contributed by atoms with Gasteiger partial charge in [0.15, 0.2) is 0 Å². The summed E-state index contributed by atoms with van der Waals surface area (Å²) >= 11 is 0. The first-order valence-corrected chi connectivity index (χ1v) is 12.4. The lowest BCUT2D eigenvalue weighted by atomic mass is 9.84. The largest absolute Gasteiger partial charge is 0.351 e. The fourth-order valence-corrected chi connectivity index (χ4v) is 4.45. The van der Waals surface area contributed by atoms with Crippen LogP contribution in [-0.4, -0.2) is 35.0 Å². The van der Waals surface area contributed by atoms with Crippen LogP contribution in [0.25, 0.3) is 0 Å². The van der Waals surface area contributed by atoms with E-state index in [-0.39, 0.29) is 29.9 Å². The summed E-state index contributed by atoms with van der Waals surface area (Å²) in [4.78, 5) is 39.0. The standard InChI is InChI=1S/C26H35FN4O4/c1-3-17(2)23(26(34)28-16-19-10-7-11-20(27)14-19)31-24(32)21(15-18-8-5-4-6-9-18)30-25(33)22-12-13-29-35-22/h7,10-14,17-18,21,23H,3-6,8-9,15-16H2,1-2H3,(H,28,34)(H,30,33)(H,31,32)/t17-,21-,23-/m0/s1. The van der Waals surface area contributed by atoms with Gasteiger partial charge in [0, 0.05) is 12.6 Å². The summed E-state index contributed by atoms with van der Waals surface area (Å²) in [7, 11) is 0. The van der Waals surface area contributed by atoms with Crippen molar-refractivity contribution in [2.75, 3.05) is 0 Å². The first-order chi connectivity index (χ1) is 16.9. The van der Waals surface area contributed by atoms with Crippen molar-refractivity contribution in [1.29, 1.82) is 0 Å². The summed E-state index contributed by atoms with van der Waals surface area (Å²) in [6.07, 6.45) is 7.92. The zero-order chi connectivity index (χ0) is 25.2. The molecular weight excluding hydrogens is 451 g/mol. The van der Waals surface area contributed by atoms with Crippen LogP contribution in [0.5, 0.6) is 0 Å². The van der Waals surface area contributed by atoms with Crippen LogP contribution in [0.3, 0.4) is 0 Å². The maximum absolute atomic E-state index is 13.5. The molecule has 0 spiro atoms. The molecule has 1 aliphatic carbocycles. The number of rotatable bonds is 11. The Labute approximate surface area is 205 Å². The zero-order valence-corrected chi connectivity index (χ0v) is 20.4. The number of nitrogens with zero attached hydrogens (tertiary/aromatic N) is 1. The Bertz CT molecular complexity index is 975. The molecule has 2 aromatic rings. The predicted octanol–water partition coefficient (Wildman–Crippen LogP) is 3.73.